The molecule has 2 N–H and O–H groups in total. The van der Waals surface area contributed by atoms with Crippen LogP contribution in [0.15, 0.2) is 22.8 Å². The van der Waals surface area contributed by atoms with Crippen molar-refractivity contribution in [1.29, 1.82) is 0 Å². The van der Waals surface area contributed by atoms with Gasteiger partial charge in [0.25, 0.3) is 0 Å². The predicted molar refractivity (Wildman–Crippen MR) is 65.1 cm³/mol. The fraction of sp³-hybridized carbons (Fsp3) is 0.692. The van der Waals surface area contributed by atoms with Gasteiger partial charge in [-0.1, -0.05) is 13.8 Å². The van der Waals surface area contributed by atoms with E-state index >= 15 is 0 Å². The van der Waals surface area contributed by atoms with Gasteiger partial charge in [0.05, 0.1) is 12.3 Å². The van der Waals surface area contributed by atoms with E-state index in [9.17, 15) is 0 Å². The smallest absolute Gasteiger partial charge is 0.122 e. The molecule has 2 atom stereocenters. The van der Waals surface area contributed by atoms with Gasteiger partial charge in [0.2, 0.25) is 0 Å². The molecule has 3 nitrogen and oxygen atoms in total. The average molecular weight is 222 g/mol. The monoisotopic (exact) mass is 222 g/mol. The Bertz CT molecular complexity index is 308. The molecule has 1 aromatic rings. The number of piperidine rings is 1. The molecule has 0 bridgehead atoms. The highest BCUT2D eigenvalue weighted by molar-refractivity contribution is 5.09. The van der Waals surface area contributed by atoms with Crippen LogP contribution in [0.4, 0.5) is 0 Å². The molecule has 0 amide bonds. The Hall–Kier alpha value is -0.800. The highest BCUT2D eigenvalue weighted by Gasteiger charge is 2.32. The second-order valence-corrected chi connectivity index (χ2v) is 5.16. The van der Waals surface area contributed by atoms with Crippen molar-refractivity contribution in [2.24, 2.45) is 11.7 Å². The predicted octanol–water partition coefficient (Wildman–Crippen LogP) is 2.40. The zero-order valence-electron chi connectivity index (χ0n) is 10.2. The Kier molecular flexibility index (Phi) is 3.66. The second-order valence-electron chi connectivity index (χ2n) is 5.16. The van der Waals surface area contributed by atoms with Crippen LogP contribution in [0.2, 0.25) is 0 Å². The van der Waals surface area contributed by atoms with Gasteiger partial charge in [-0.25, -0.2) is 0 Å². The molecule has 1 aliphatic rings. The van der Waals surface area contributed by atoms with Crippen molar-refractivity contribution >= 4 is 0 Å². The SMILES string of the molecule is CC(C)CN1CCCC(N)C1c1ccco1. The van der Waals surface area contributed by atoms with Crippen molar-refractivity contribution in [3.8, 4) is 0 Å². The van der Waals surface area contributed by atoms with Crippen molar-refractivity contribution in [3.63, 3.8) is 0 Å². The number of nitrogens with zero attached hydrogens (tertiary/aromatic N) is 1. The van der Waals surface area contributed by atoms with Gasteiger partial charge in [0.1, 0.15) is 5.76 Å². The van der Waals surface area contributed by atoms with E-state index in [-0.39, 0.29) is 12.1 Å². The molecule has 2 heterocycles. The summed E-state index contributed by atoms with van der Waals surface area (Å²) in [5.74, 6) is 1.69. The van der Waals surface area contributed by atoms with Gasteiger partial charge in [-0.3, -0.25) is 4.90 Å². The first-order chi connectivity index (χ1) is 7.68. The van der Waals surface area contributed by atoms with Crippen LogP contribution in [0.3, 0.4) is 0 Å². The molecule has 16 heavy (non-hydrogen) atoms. The van der Waals surface area contributed by atoms with E-state index < -0.39 is 0 Å². The molecule has 0 aliphatic carbocycles. The van der Waals surface area contributed by atoms with Crippen molar-refractivity contribution in [2.45, 2.75) is 38.8 Å². The molecule has 1 aromatic heterocycles. The standard InChI is InChI=1S/C13H22N2O/c1-10(2)9-15-7-3-5-11(14)13(15)12-6-4-8-16-12/h4,6,8,10-11,13H,3,5,7,9,14H2,1-2H3. The van der Waals surface area contributed by atoms with Crippen LogP contribution < -0.4 is 5.73 Å². The third-order valence-corrected chi connectivity index (χ3v) is 3.22. The summed E-state index contributed by atoms with van der Waals surface area (Å²) in [6.45, 7) is 6.73. The van der Waals surface area contributed by atoms with Crippen molar-refractivity contribution < 1.29 is 4.42 Å². The molecular weight excluding hydrogens is 200 g/mol. The molecule has 3 heteroatoms. The summed E-state index contributed by atoms with van der Waals surface area (Å²) in [7, 11) is 0. The molecule has 2 unspecified atom stereocenters. The molecule has 1 fully saturated rings. The maximum Gasteiger partial charge on any atom is 0.122 e. The lowest BCUT2D eigenvalue weighted by atomic mass is 9.94. The van der Waals surface area contributed by atoms with E-state index in [1.807, 2.05) is 12.1 Å². The van der Waals surface area contributed by atoms with Crippen LogP contribution >= 0.6 is 0 Å². The minimum atomic E-state index is 0.207. The highest BCUT2D eigenvalue weighted by Crippen LogP contribution is 2.30. The van der Waals surface area contributed by atoms with E-state index in [0.29, 0.717) is 5.92 Å². The fourth-order valence-electron chi connectivity index (χ4n) is 2.62. The van der Waals surface area contributed by atoms with Gasteiger partial charge in [0, 0.05) is 12.6 Å². The zero-order chi connectivity index (χ0) is 11.5. The maximum absolute atomic E-state index is 6.23. The molecular formula is C13H22N2O. The van der Waals surface area contributed by atoms with Gasteiger partial charge < -0.3 is 10.2 Å². The van der Waals surface area contributed by atoms with Crippen molar-refractivity contribution in [3.05, 3.63) is 24.2 Å². The van der Waals surface area contributed by atoms with E-state index in [1.54, 1.807) is 6.26 Å². The van der Waals surface area contributed by atoms with Gasteiger partial charge in [-0.15, -0.1) is 0 Å². The minimum absolute atomic E-state index is 0.207. The molecule has 0 saturated carbocycles. The number of hydrogen-bond donors (Lipinski definition) is 1. The van der Waals surface area contributed by atoms with Gasteiger partial charge in [-0.2, -0.15) is 0 Å². The van der Waals surface area contributed by atoms with Crippen LogP contribution in [-0.4, -0.2) is 24.0 Å². The first-order valence-electron chi connectivity index (χ1n) is 6.21. The van der Waals surface area contributed by atoms with E-state index in [1.165, 1.54) is 6.42 Å². The maximum atomic E-state index is 6.23. The fourth-order valence-corrected chi connectivity index (χ4v) is 2.62. The topological polar surface area (TPSA) is 42.4 Å². The largest absolute Gasteiger partial charge is 0.468 e. The van der Waals surface area contributed by atoms with Crippen molar-refractivity contribution in [1.82, 2.24) is 4.90 Å². The molecule has 0 radical (unpaired) electrons. The lowest BCUT2D eigenvalue weighted by molar-refractivity contribution is 0.0978. The lowest BCUT2D eigenvalue weighted by Crippen LogP contribution is -2.46. The van der Waals surface area contributed by atoms with Crippen molar-refractivity contribution in [2.75, 3.05) is 13.1 Å². The summed E-state index contributed by atoms with van der Waals surface area (Å²) in [6.07, 6.45) is 4.04. The van der Waals surface area contributed by atoms with Gasteiger partial charge in [-0.05, 0) is 37.4 Å². The molecule has 1 saturated heterocycles. The average Bonchev–Trinajstić information content (AvgIpc) is 2.69. The summed E-state index contributed by atoms with van der Waals surface area (Å²) < 4.78 is 5.53. The van der Waals surface area contributed by atoms with Crippen LogP contribution in [0.5, 0.6) is 0 Å². The summed E-state index contributed by atoms with van der Waals surface area (Å²) in [6, 6.07) is 4.47. The third kappa shape index (κ3) is 2.47. The van der Waals surface area contributed by atoms with E-state index in [4.69, 9.17) is 10.2 Å². The Morgan fingerprint density at radius 3 is 3.00 bits per heavy atom. The molecule has 90 valence electrons. The number of furan rings is 1. The number of nitrogens with two attached hydrogens (primary N) is 1. The van der Waals surface area contributed by atoms with Gasteiger partial charge >= 0.3 is 0 Å². The summed E-state index contributed by atoms with van der Waals surface area (Å²) >= 11 is 0. The first-order valence-corrected chi connectivity index (χ1v) is 6.21. The Morgan fingerprint density at radius 2 is 2.38 bits per heavy atom. The molecule has 0 spiro atoms. The van der Waals surface area contributed by atoms with Crippen LogP contribution in [0.25, 0.3) is 0 Å². The minimum Gasteiger partial charge on any atom is -0.468 e. The number of rotatable bonds is 3. The molecule has 2 rings (SSSR count). The summed E-state index contributed by atoms with van der Waals surface area (Å²) in [5, 5.41) is 0. The van der Waals surface area contributed by atoms with E-state index in [2.05, 4.69) is 18.7 Å². The quantitative estimate of drug-likeness (QED) is 0.854. The number of likely N-dealkylation sites (tertiary alicyclic amines) is 1. The van der Waals surface area contributed by atoms with Crippen LogP contribution in [-0.2, 0) is 0 Å². The van der Waals surface area contributed by atoms with Crippen LogP contribution in [0, 0.1) is 5.92 Å². The molecule has 1 aliphatic heterocycles. The Balaban J connectivity index is 2.14. The van der Waals surface area contributed by atoms with Gasteiger partial charge in [0.15, 0.2) is 0 Å². The first kappa shape index (κ1) is 11.7. The Labute approximate surface area is 97.6 Å². The summed E-state index contributed by atoms with van der Waals surface area (Å²) in [4.78, 5) is 2.47. The Morgan fingerprint density at radius 1 is 1.56 bits per heavy atom. The van der Waals surface area contributed by atoms with Crippen LogP contribution in [0.1, 0.15) is 38.5 Å². The summed E-state index contributed by atoms with van der Waals surface area (Å²) in [5.41, 5.74) is 6.23. The zero-order valence-corrected chi connectivity index (χ0v) is 10.2. The normalized spacial score (nSPS) is 27.5. The molecule has 0 aromatic carbocycles. The number of hydrogen-bond acceptors (Lipinski definition) is 3. The highest BCUT2D eigenvalue weighted by atomic mass is 16.3. The lowest BCUT2D eigenvalue weighted by Gasteiger charge is -2.39. The second kappa shape index (κ2) is 5.02. The third-order valence-electron chi connectivity index (χ3n) is 3.22. The van der Waals surface area contributed by atoms with E-state index in [0.717, 1.165) is 25.3 Å².